The number of carboxylic acid groups (broad SMARTS) is 1. The molecule has 5 nitrogen and oxygen atoms in total. The first-order chi connectivity index (χ1) is 12.0. The fraction of sp³-hybridized carbons (Fsp3) is 0.300. The monoisotopic (exact) mass is 341 g/mol. The average Bonchev–Trinajstić information content (AvgIpc) is 2.59. The number of aliphatic carboxylic acids is 1. The van der Waals surface area contributed by atoms with Crippen molar-refractivity contribution in [2.75, 3.05) is 12.4 Å². The number of methoxy groups -OCH3 is 1. The first kappa shape index (κ1) is 18.5. The molecule has 0 saturated heterocycles. The van der Waals surface area contributed by atoms with Crippen LogP contribution in [0.2, 0.25) is 0 Å². The van der Waals surface area contributed by atoms with E-state index in [2.05, 4.69) is 12.2 Å². The SMILES string of the molecule is CCC(CC(=O)Nc1cccc(CC(=O)O)c1)c1ccc(OC)cc1. The van der Waals surface area contributed by atoms with E-state index >= 15 is 0 Å². The Balaban J connectivity index is 2.00. The summed E-state index contributed by atoms with van der Waals surface area (Å²) in [6, 6.07) is 14.7. The number of nitrogens with one attached hydrogen (secondary N) is 1. The number of anilines is 1. The number of carbonyl (C=O) groups is 2. The van der Waals surface area contributed by atoms with Gasteiger partial charge in [0.2, 0.25) is 5.91 Å². The number of hydrogen-bond acceptors (Lipinski definition) is 3. The van der Waals surface area contributed by atoms with Gasteiger partial charge in [-0.2, -0.15) is 0 Å². The van der Waals surface area contributed by atoms with Crippen molar-refractivity contribution >= 4 is 17.6 Å². The van der Waals surface area contributed by atoms with Crippen LogP contribution in [0.3, 0.4) is 0 Å². The first-order valence-electron chi connectivity index (χ1n) is 8.26. The van der Waals surface area contributed by atoms with Crippen molar-refractivity contribution in [3.63, 3.8) is 0 Å². The highest BCUT2D eigenvalue weighted by atomic mass is 16.5. The molecular formula is C20H23NO4. The Labute approximate surface area is 147 Å². The van der Waals surface area contributed by atoms with E-state index in [0.29, 0.717) is 17.7 Å². The number of hydrogen-bond donors (Lipinski definition) is 2. The first-order valence-corrected chi connectivity index (χ1v) is 8.26. The number of amides is 1. The molecule has 2 aromatic carbocycles. The summed E-state index contributed by atoms with van der Waals surface area (Å²) in [5, 5.41) is 11.7. The number of carbonyl (C=O) groups excluding carboxylic acids is 1. The second kappa shape index (κ2) is 8.87. The highest BCUT2D eigenvalue weighted by Crippen LogP contribution is 2.26. The van der Waals surface area contributed by atoms with E-state index in [9.17, 15) is 9.59 Å². The molecule has 0 heterocycles. The minimum absolute atomic E-state index is 0.0624. The van der Waals surface area contributed by atoms with Crippen LogP contribution in [-0.2, 0) is 16.0 Å². The maximum absolute atomic E-state index is 12.4. The third-order valence-electron chi connectivity index (χ3n) is 4.08. The fourth-order valence-electron chi connectivity index (χ4n) is 2.74. The van der Waals surface area contributed by atoms with Crippen LogP contribution in [0.4, 0.5) is 5.69 Å². The molecule has 0 aliphatic carbocycles. The largest absolute Gasteiger partial charge is 0.497 e. The summed E-state index contributed by atoms with van der Waals surface area (Å²) in [5.74, 6) is -0.0735. The Morgan fingerprint density at radius 2 is 1.88 bits per heavy atom. The molecule has 132 valence electrons. The lowest BCUT2D eigenvalue weighted by molar-refractivity contribution is -0.136. The van der Waals surface area contributed by atoms with Gasteiger partial charge in [0.05, 0.1) is 13.5 Å². The van der Waals surface area contributed by atoms with Gasteiger partial charge in [-0.1, -0.05) is 31.2 Å². The highest BCUT2D eigenvalue weighted by molar-refractivity contribution is 5.91. The molecule has 0 aliphatic heterocycles. The smallest absolute Gasteiger partial charge is 0.307 e. The van der Waals surface area contributed by atoms with Gasteiger partial charge < -0.3 is 15.2 Å². The second-order valence-electron chi connectivity index (χ2n) is 5.90. The third-order valence-corrected chi connectivity index (χ3v) is 4.08. The lowest BCUT2D eigenvalue weighted by Crippen LogP contribution is -2.15. The molecule has 1 amide bonds. The summed E-state index contributed by atoms with van der Waals surface area (Å²) in [6.07, 6.45) is 1.15. The van der Waals surface area contributed by atoms with Crippen molar-refractivity contribution in [2.45, 2.75) is 32.1 Å². The van der Waals surface area contributed by atoms with Crippen LogP contribution in [0.5, 0.6) is 5.75 Å². The number of carboxylic acids is 1. The van der Waals surface area contributed by atoms with Crippen LogP contribution in [0.25, 0.3) is 0 Å². The molecule has 0 radical (unpaired) electrons. The van der Waals surface area contributed by atoms with Crippen molar-refractivity contribution in [1.29, 1.82) is 0 Å². The number of ether oxygens (including phenoxy) is 1. The zero-order valence-corrected chi connectivity index (χ0v) is 14.5. The molecule has 1 atom stereocenters. The number of benzene rings is 2. The van der Waals surface area contributed by atoms with Crippen LogP contribution >= 0.6 is 0 Å². The highest BCUT2D eigenvalue weighted by Gasteiger charge is 2.15. The van der Waals surface area contributed by atoms with Gasteiger partial charge in [0, 0.05) is 12.1 Å². The standard InChI is InChI=1S/C20H23NO4/c1-3-15(16-7-9-18(25-2)10-8-16)13-19(22)21-17-6-4-5-14(11-17)12-20(23)24/h4-11,15H,3,12-13H2,1-2H3,(H,21,22)(H,23,24). The lowest BCUT2D eigenvalue weighted by atomic mass is 9.93. The third kappa shape index (κ3) is 5.64. The van der Waals surface area contributed by atoms with Gasteiger partial charge in [-0.05, 0) is 47.7 Å². The zero-order valence-electron chi connectivity index (χ0n) is 14.5. The summed E-state index contributed by atoms with van der Waals surface area (Å²) < 4.78 is 5.16. The van der Waals surface area contributed by atoms with Gasteiger partial charge in [0.1, 0.15) is 5.75 Å². The van der Waals surface area contributed by atoms with Gasteiger partial charge in [-0.3, -0.25) is 9.59 Å². The molecule has 0 bridgehead atoms. The molecule has 2 N–H and O–H groups in total. The zero-order chi connectivity index (χ0) is 18.2. The molecule has 0 fully saturated rings. The van der Waals surface area contributed by atoms with Gasteiger partial charge in [0.15, 0.2) is 0 Å². The average molecular weight is 341 g/mol. The molecule has 2 rings (SSSR count). The van der Waals surface area contributed by atoms with Gasteiger partial charge in [0.25, 0.3) is 0 Å². The van der Waals surface area contributed by atoms with E-state index in [4.69, 9.17) is 9.84 Å². The van der Waals surface area contributed by atoms with Crippen LogP contribution in [0, 0.1) is 0 Å². The molecule has 2 aromatic rings. The van der Waals surface area contributed by atoms with E-state index in [0.717, 1.165) is 17.7 Å². The number of rotatable bonds is 8. The van der Waals surface area contributed by atoms with Crippen molar-refractivity contribution in [1.82, 2.24) is 0 Å². The molecular weight excluding hydrogens is 318 g/mol. The van der Waals surface area contributed by atoms with E-state index in [1.165, 1.54) is 0 Å². The molecule has 0 aromatic heterocycles. The van der Waals surface area contributed by atoms with Crippen molar-refractivity contribution in [3.05, 3.63) is 59.7 Å². The maximum Gasteiger partial charge on any atom is 0.307 e. The Morgan fingerprint density at radius 3 is 2.48 bits per heavy atom. The maximum atomic E-state index is 12.4. The van der Waals surface area contributed by atoms with Crippen LogP contribution in [-0.4, -0.2) is 24.1 Å². The normalized spacial score (nSPS) is 11.6. The Morgan fingerprint density at radius 1 is 1.16 bits per heavy atom. The summed E-state index contributed by atoms with van der Waals surface area (Å²) in [7, 11) is 1.62. The summed E-state index contributed by atoms with van der Waals surface area (Å²) in [6.45, 7) is 2.05. The molecule has 25 heavy (non-hydrogen) atoms. The molecule has 0 spiro atoms. The molecule has 0 saturated carbocycles. The van der Waals surface area contributed by atoms with Gasteiger partial charge in [-0.15, -0.1) is 0 Å². The van der Waals surface area contributed by atoms with Crippen molar-refractivity contribution < 1.29 is 19.4 Å². The predicted octanol–water partition coefficient (Wildman–Crippen LogP) is 3.84. The van der Waals surface area contributed by atoms with Crippen molar-refractivity contribution in [2.24, 2.45) is 0 Å². The van der Waals surface area contributed by atoms with E-state index in [1.54, 1.807) is 31.4 Å². The molecule has 1 unspecified atom stereocenters. The molecule has 5 heteroatoms. The topological polar surface area (TPSA) is 75.6 Å². The molecule has 0 aliphatic rings. The van der Waals surface area contributed by atoms with Crippen LogP contribution < -0.4 is 10.1 Å². The van der Waals surface area contributed by atoms with E-state index in [1.807, 2.05) is 24.3 Å². The predicted molar refractivity (Wildman–Crippen MR) is 97.1 cm³/mol. The summed E-state index contributed by atoms with van der Waals surface area (Å²) in [4.78, 5) is 23.2. The quantitative estimate of drug-likeness (QED) is 0.765. The van der Waals surface area contributed by atoms with E-state index in [-0.39, 0.29) is 18.2 Å². The minimum Gasteiger partial charge on any atom is -0.497 e. The second-order valence-corrected chi connectivity index (χ2v) is 5.90. The minimum atomic E-state index is -0.894. The Hall–Kier alpha value is -2.82. The lowest BCUT2D eigenvalue weighted by Gasteiger charge is -2.16. The summed E-state index contributed by atoms with van der Waals surface area (Å²) in [5.41, 5.74) is 2.37. The Bertz CT molecular complexity index is 725. The van der Waals surface area contributed by atoms with Crippen LogP contribution in [0.1, 0.15) is 36.8 Å². The summed E-state index contributed by atoms with van der Waals surface area (Å²) >= 11 is 0. The fourth-order valence-corrected chi connectivity index (χ4v) is 2.74. The van der Waals surface area contributed by atoms with E-state index < -0.39 is 5.97 Å². The Kier molecular flexibility index (Phi) is 6.57. The van der Waals surface area contributed by atoms with Crippen LogP contribution in [0.15, 0.2) is 48.5 Å². The van der Waals surface area contributed by atoms with Gasteiger partial charge in [-0.25, -0.2) is 0 Å². The van der Waals surface area contributed by atoms with Gasteiger partial charge >= 0.3 is 5.97 Å². The van der Waals surface area contributed by atoms with Crippen molar-refractivity contribution in [3.8, 4) is 5.75 Å².